The van der Waals surface area contributed by atoms with Crippen LogP contribution in [0.2, 0.25) is 0 Å². The van der Waals surface area contributed by atoms with Crippen LogP contribution in [0.15, 0.2) is 47.8 Å². The maximum Gasteiger partial charge on any atom is 0.0230 e. The molecule has 0 saturated carbocycles. The molecule has 0 saturated heterocycles. The molecule has 0 aliphatic heterocycles. The lowest BCUT2D eigenvalue weighted by Crippen LogP contribution is -2.20. The van der Waals surface area contributed by atoms with Gasteiger partial charge in [0.2, 0.25) is 0 Å². The fourth-order valence-electron chi connectivity index (χ4n) is 2.10. The van der Waals surface area contributed by atoms with Crippen molar-refractivity contribution in [2.75, 3.05) is 13.6 Å². The van der Waals surface area contributed by atoms with E-state index in [1.807, 2.05) is 11.3 Å². The van der Waals surface area contributed by atoms with E-state index in [0.717, 1.165) is 13.1 Å². The Bertz CT molecular complexity index is 435. The van der Waals surface area contributed by atoms with Crippen molar-refractivity contribution in [1.82, 2.24) is 4.90 Å². The fraction of sp³-hybridized carbons (Fsp3) is 0.375. The molecule has 2 rings (SSSR count). The van der Waals surface area contributed by atoms with Crippen molar-refractivity contribution in [3.8, 4) is 0 Å². The van der Waals surface area contributed by atoms with Crippen molar-refractivity contribution < 1.29 is 0 Å². The van der Waals surface area contributed by atoms with Crippen LogP contribution in [0.25, 0.3) is 0 Å². The molecular formula is C16H21NS. The molecule has 1 atom stereocenters. The van der Waals surface area contributed by atoms with E-state index in [0.29, 0.717) is 5.92 Å². The molecule has 0 aliphatic carbocycles. The van der Waals surface area contributed by atoms with Crippen molar-refractivity contribution in [1.29, 1.82) is 0 Å². The SMILES string of the molecule is CC(CCN(C)Cc1ccccc1)c1cccs1. The van der Waals surface area contributed by atoms with Gasteiger partial charge in [0.25, 0.3) is 0 Å². The molecule has 1 aromatic carbocycles. The number of thiophene rings is 1. The summed E-state index contributed by atoms with van der Waals surface area (Å²) < 4.78 is 0. The molecule has 0 bridgehead atoms. The van der Waals surface area contributed by atoms with Gasteiger partial charge >= 0.3 is 0 Å². The maximum atomic E-state index is 2.40. The van der Waals surface area contributed by atoms with Crippen molar-refractivity contribution in [2.24, 2.45) is 0 Å². The van der Waals surface area contributed by atoms with E-state index in [-0.39, 0.29) is 0 Å². The highest BCUT2D eigenvalue weighted by atomic mass is 32.1. The zero-order valence-electron chi connectivity index (χ0n) is 11.2. The topological polar surface area (TPSA) is 3.24 Å². The third kappa shape index (κ3) is 3.97. The van der Waals surface area contributed by atoms with Crippen molar-refractivity contribution in [2.45, 2.75) is 25.8 Å². The smallest absolute Gasteiger partial charge is 0.0230 e. The van der Waals surface area contributed by atoms with E-state index < -0.39 is 0 Å². The van der Waals surface area contributed by atoms with Gasteiger partial charge < -0.3 is 4.90 Å². The standard InChI is InChI=1S/C16H21NS/c1-14(16-9-6-12-18-16)10-11-17(2)13-15-7-4-3-5-8-15/h3-9,12,14H,10-11,13H2,1-2H3. The predicted molar refractivity (Wildman–Crippen MR) is 80.1 cm³/mol. The van der Waals surface area contributed by atoms with Crippen LogP contribution >= 0.6 is 11.3 Å². The van der Waals surface area contributed by atoms with Crippen LogP contribution in [0.4, 0.5) is 0 Å². The Morgan fingerprint density at radius 3 is 2.56 bits per heavy atom. The molecule has 18 heavy (non-hydrogen) atoms. The van der Waals surface area contributed by atoms with Gasteiger partial charge in [0.1, 0.15) is 0 Å². The zero-order chi connectivity index (χ0) is 12.8. The Labute approximate surface area is 114 Å². The zero-order valence-corrected chi connectivity index (χ0v) is 12.0. The molecule has 1 heterocycles. The van der Waals surface area contributed by atoms with Crippen LogP contribution in [-0.2, 0) is 6.54 Å². The van der Waals surface area contributed by atoms with E-state index >= 15 is 0 Å². The second-order valence-electron chi connectivity index (χ2n) is 4.93. The van der Waals surface area contributed by atoms with Gasteiger partial charge in [0, 0.05) is 11.4 Å². The highest BCUT2D eigenvalue weighted by Crippen LogP contribution is 2.23. The summed E-state index contributed by atoms with van der Waals surface area (Å²) in [7, 11) is 2.20. The van der Waals surface area contributed by atoms with Gasteiger partial charge in [-0.15, -0.1) is 11.3 Å². The largest absolute Gasteiger partial charge is 0.302 e. The van der Waals surface area contributed by atoms with Gasteiger partial charge in [-0.05, 0) is 42.9 Å². The Hall–Kier alpha value is -1.12. The molecule has 0 fully saturated rings. The molecule has 0 N–H and O–H groups in total. The van der Waals surface area contributed by atoms with Gasteiger partial charge in [-0.2, -0.15) is 0 Å². The molecule has 1 nitrogen and oxygen atoms in total. The summed E-state index contributed by atoms with van der Waals surface area (Å²) in [5.74, 6) is 0.670. The highest BCUT2D eigenvalue weighted by molar-refractivity contribution is 7.10. The van der Waals surface area contributed by atoms with E-state index in [1.54, 1.807) is 0 Å². The first-order chi connectivity index (χ1) is 8.75. The number of hydrogen-bond donors (Lipinski definition) is 0. The normalized spacial score (nSPS) is 12.8. The number of nitrogens with zero attached hydrogens (tertiary/aromatic N) is 1. The summed E-state index contributed by atoms with van der Waals surface area (Å²) in [6, 6.07) is 15.1. The number of benzene rings is 1. The van der Waals surface area contributed by atoms with E-state index in [1.165, 1.54) is 16.9 Å². The lowest BCUT2D eigenvalue weighted by atomic mass is 10.1. The average Bonchev–Trinajstić information content (AvgIpc) is 2.91. The van der Waals surface area contributed by atoms with Crippen LogP contribution in [0, 0.1) is 0 Å². The van der Waals surface area contributed by atoms with Crippen LogP contribution in [0.3, 0.4) is 0 Å². The predicted octanol–water partition coefficient (Wildman–Crippen LogP) is 4.37. The third-order valence-corrected chi connectivity index (χ3v) is 4.37. The summed E-state index contributed by atoms with van der Waals surface area (Å²) >= 11 is 1.87. The first kappa shape index (κ1) is 13.3. The minimum atomic E-state index is 0.670. The minimum Gasteiger partial charge on any atom is -0.302 e. The van der Waals surface area contributed by atoms with Crippen LogP contribution < -0.4 is 0 Å². The Balaban J connectivity index is 1.77. The monoisotopic (exact) mass is 259 g/mol. The lowest BCUT2D eigenvalue weighted by Gasteiger charge is -2.19. The molecule has 2 heteroatoms. The number of rotatable bonds is 6. The Morgan fingerprint density at radius 2 is 1.89 bits per heavy atom. The van der Waals surface area contributed by atoms with Crippen molar-refractivity contribution in [3.05, 3.63) is 58.3 Å². The van der Waals surface area contributed by atoms with Gasteiger partial charge in [-0.25, -0.2) is 0 Å². The van der Waals surface area contributed by atoms with E-state index in [9.17, 15) is 0 Å². The molecule has 0 amide bonds. The second kappa shape index (κ2) is 6.72. The van der Waals surface area contributed by atoms with Crippen LogP contribution in [0.1, 0.15) is 29.7 Å². The quantitative estimate of drug-likeness (QED) is 0.744. The molecule has 0 radical (unpaired) electrons. The molecule has 2 aromatic rings. The molecular weight excluding hydrogens is 238 g/mol. The molecule has 0 spiro atoms. The van der Waals surface area contributed by atoms with Crippen molar-refractivity contribution in [3.63, 3.8) is 0 Å². The molecule has 0 aliphatic rings. The molecule has 96 valence electrons. The summed E-state index contributed by atoms with van der Waals surface area (Å²) in [4.78, 5) is 3.91. The first-order valence-electron chi connectivity index (χ1n) is 6.51. The number of hydrogen-bond acceptors (Lipinski definition) is 2. The Morgan fingerprint density at radius 1 is 1.11 bits per heavy atom. The lowest BCUT2D eigenvalue weighted by molar-refractivity contribution is 0.314. The van der Waals surface area contributed by atoms with Gasteiger partial charge in [0.15, 0.2) is 0 Å². The summed E-state index contributed by atoms with van der Waals surface area (Å²) in [6.45, 7) is 4.51. The average molecular weight is 259 g/mol. The summed E-state index contributed by atoms with van der Waals surface area (Å²) in [5, 5.41) is 2.17. The second-order valence-corrected chi connectivity index (χ2v) is 5.91. The van der Waals surface area contributed by atoms with Gasteiger partial charge in [-0.1, -0.05) is 43.3 Å². The maximum absolute atomic E-state index is 2.40. The van der Waals surface area contributed by atoms with Gasteiger partial charge in [0.05, 0.1) is 0 Å². The summed E-state index contributed by atoms with van der Waals surface area (Å²) in [6.07, 6.45) is 1.23. The van der Waals surface area contributed by atoms with Crippen molar-refractivity contribution >= 4 is 11.3 Å². The minimum absolute atomic E-state index is 0.670. The molecule has 1 aromatic heterocycles. The highest BCUT2D eigenvalue weighted by Gasteiger charge is 2.08. The fourth-order valence-corrected chi connectivity index (χ4v) is 2.92. The van der Waals surface area contributed by atoms with E-state index in [2.05, 4.69) is 66.7 Å². The molecule has 1 unspecified atom stereocenters. The Kier molecular flexibility index (Phi) is 4.97. The summed E-state index contributed by atoms with van der Waals surface area (Å²) in [5.41, 5.74) is 1.39. The first-order valence-corrected chi connectivity index (χ1v) is 7.39. The van der Waals surface area contributed by atoms with Gasteiger partial charge in [-0.3, -0.25) is 0 Å². The van der Waals surface area contributed by atoms with Crippen LogP contribution in [-0.4, -0.2) is 18.5 Å². The van der Waals surface area contributed by atoms with Crippen LogP contribution in [0.5, 0.6) is 0 Å². The van der Waals surface area contributed by atoms with E-state index in [4.69, 9.17) is 0 Å². The third-order valence-electron chi connectivity index (χ3n) is 3.27.